The van der Waals surface area contributed by atoms with Crippen LogP contribution < -0.4 is 0 Å². The number of rotatable bonds is 9. The van der Waals surface area contributed by atoms with Crippen LogP contribution in [0.15, 0.2) is 54.6 Å². The van der Waals surface area contributed by atoms with Gasteiger partial charge in [0.15, 0.2) is 0 Å². The second-order valence-electron chi connectivity index (χ2n) is 8.42. The molecule has 0 bridgehead atoms. The average Bonchev–Trinajstić information content (AvgIpc) is 2.78. The lowest BCUT2D eigenvalue weighted by molar-refractivity contribution is 0.434. The third-order valence-electron chi connectivity index (χ3n) is 6.18. The fourth-order valence-corrected chi connectivity index (χ4v) is 4.58. The van der Waals surface area contributed by atoms with Crippen molar-refractivity contribution in [3.8, 4) is 11.1 Å². The highest BCUT2D eigenvalue weighted by molar-refractivity contribution is 6.32. The average molecular weight is 425 g/mol. The molecule has 3 rings (SSSR count). The molecule has 1 aliphatic carbocycles. The summed E-state index contributed by atoms with van der Waals surface area (Å²) in [6, 6.07) is 12.1. The smallest absolute Gasteiger partial charge is 0.150 e. The molecule has 0 saturated carbocycles. The summed E-state index contributed by atoms with van der Waals surface area (Å²) >= 11 is 6.51. The zero-order chi connectivity index (χ0) is 21.3. The van der Waals surface area contributed by atoms with E-state index in [0.717, 1.165) is 49.1 Å². The number of hydrogen-bond acceptors (Lipinski definition) is 0. The molecule has 2 aromatic carbocycles. The van der Waals surface area contributed by atoms with Crippen LogP contribution in [0, 0.1) is 11.7 Å². The van der Waals surface area contributed by atoms with Gasteiger partial charge in [0.25, 0.3) is 0 Å². The summed E-state index contributed by atoms with van der Waals surface area (Å²) in [6.45, 7) is 4.39. The number of halogens is 2. The Bertz CT molecular complexity index is 876. The van der Waals surface area contributed by atoms with Crippen LogP contribution in [0.1, 0.15) is 76.3 Å². The predicted octanol–water partition coefficient (Wildman–Crippen LogP) is 9.42. The molecule has 0 saturated heterocycles. The monoisotopic (exact) mass is 424 g/mol. The van der Waals surface area contributed by atoms with Crippen molar-refractivity contribution >= 4 is 17.2 Å². The third kappa shape index (κ3) is 5.85. The maximum Gasteiger partial charge on any atom is 0.150 e. The van der Waals surface area contributed by atoms with Crippen LogP contribution in [0.5, 0.6) is 0 Å². The van der Waals surface area contributed by atoms with Crippen molar-refractivity contribution in [1.82, 2.24) is 0 Å². The van der Waals surface area contributed by atoms with Crippen molar-refractivity contribution < 1.29 is 4.39 Å². The summed E-state index contributed by atoms with van der Waals surface area (Å²) in [6.07, 6.45) is 16.9. The van der Waals surface area contributed by atoms with Gasteiger partial charge in [-0.15, -0.1) is 0 Å². The van der Waals surface area contributed by atoms with Gasteiger partial charge in [-0.25, -0.2) is 4.39 Å². The van der Waals surface area contributed by atoms with E-state index in [0.29, 0.717) is 5.56 Å². The maximum absolute atomic E-state index is 15.2. The van der Waals surface area contributed by atoms with Gasteiger partial charge in [0.1, 0.15) is 5.82 Å². The minimum Gasteiger partial charge on any atom is -0.205 e. The van der Waals surface area contributed by atoms with Gasteiger partial charge in [-0.05, 0) is 66.7 Å². The first kappa shape index (κ1) is 22.8. The summed E-state index contributed by atoms with van der Waals surface area (Å²) in [4.78, 5) is 0. The normalized spacial score (nSPS) is 16.8. The van der Waals surface area contributed by atoms with Gasteiger partial charge >= 0.3 is 0 Å². The molecule has 2 heteroatoms. The van der Waals surface area contributed by atoms with Gasteiger partial charge in [0, 0.05) is 5.56 Å². The second-order valence-corrected chi connectivity index (χ2v) is 8.79. The molecule has 0 aromatic heterocycles. The molecule has 0 heterocycles. The molecule has 0 fully saturated rings. The van der Waals surface area contributed by atoms with E-state index < -0.39 is 0 Å². The van der Waals surface area contributed by atoms with E-state index in [1.54, 1.807) is 0 Å². The summed E-state index contributed by atoms with van der Waals surface area (Å²) in [5.41, 5.74) is 4.80. The van der Waals surface area contributed by atoms with Crippen LogP contribution in [0.2, 0.25) is 5.02 Å². The van der Waals surface area contributed by atoms with Crippen LogP contribution in [0.3, 0.4) is 0 Å². The van der Waals surface area contributed by atoms with Crippen LogP contribution in [-0.4, -0.2) is 0 Å². The first-order valence-electron chi connectivity index (χ1n) is 11.6. The Labute approximate surface area is 186 Å². The predicted molar refractivity (Wildman–Crippen MR) is 129 cm³/mol. The molecule has 160 valence electrons. The quantitative estimate of drug-likeness (QED) is 0.351. The highest BCUT2D eigenvalue weighted by Gasteiger charge is 2.20. The molecule has 0 radical (unpaired) electrons. The van der Waals surface area contributed by atoms with Crippen molar-refractivity contribution in [2.45, 2.75) is 71.6 Å². The van der Waals surface area contributed by atoms with E-state index in [9.17, 15) is 0 Å². The standard InChI is InChI=1S/C28H34ClF/c1-3-5-7-8-10-22-13-17-24(18-14-22)26-20-19-25(27(29)28(26)30)23-15-11-21(12-16-23)9-6-4-2/h5,7,13-15,17-21H,3-4,6,8-12,16H2,1-2H3. The van der Waals surface area contributed by atoms with E-state index in [-0.39, 0.29) is 10.8 Å². The molecule has 0 amide bonds. The van der Waals surface area contributed by atoms with Crippen LogP contribution in [0.25, 0.3) is 16.7 Å². The molecule has 1 aliphatic rings. The van der Waals surface area contributed by atoms with Gasteiger partial charge in [0.05, 0.1) is 5.02 Å². The fourth-order valence-electron chi connectivity index (χ4n) is 4.29. The first-order valence-corrected chi connectivity index (χ1v) is 11.9. The Kier molecular flexibility index (Phi) is 8.75. The van der Waals surface area contributed by atoms with E-state index in [1.165, 1.54) is 36.8 Å². The zero-order valence-electron chi connectivity index (χ0n) is 18.4. The van der Waals surface area contributed by atoms with Crippen LogP contribution in [0.4, 0.5) is 4.39 Å². The highest BCUT2D eigenvalue weighted by atomic mass is 35.5. The van der Waals surface area contributed by atoms with Gasteiger partial charge in [-0.3, -0.25) is 0 Å². The molecule has 0 spiro atoms. The Morgan fingerprint density at radius 3 is 2.47 bits per heavy atom. The number of benzene rings is 2. The highest BCUT2D eigenvalue weighted by Crippen LogP contribution is 2.39. The first-order chi connectivity index (χ1) is 14.6. The van der Waals surface area contributed by atoms with Crippen molar-refractivity contribution in [1.29, 1.82) is 0 Å². The van der Waals surface area contributed by atoms with E-state index >= 15 is 4.39 Å². The molecular formula is C28H34ClF. The van der Waals surface area contributed by atoms with Gasteiger partial charge in [-0.2, -0.15) is 0 Å². The minimum absolute atomic E-state index is 0.263. The Hall–Kier alpha value is -1.86. The second kappa shape index (κ2) is 11.5. The molecule has 1 unspecified atom stereocenters. The molecule has 1 atom stereocenters. The summed E-state index contributed by atoms with van der Waals surface area (Å²) < 4.78 is 15.2. The van der Waals surface area contributed by atoms with Crippen molar-refractivity contribution in [3.05, 3.63) is 76.6 Å². The Morgan fingerprint density at radius 1 is 1.03 bits per heavy atom. The number of allylic oxidation sites excluding steroid dienone is 4. The van der Waals surface area contributed by atoms with Crippen molar-refractivity contribution in [2.75, 3.05) is 0 Å². The third-order valence-corrected chi connectivity index (χ3v) is 6.55. The number of aryl methyl sites for hydroxylation is 1. The van der Waals surface area contributed by atoms with Crippen LogP contribution >= 0.6 is 11.6 Å². The van der Waals surface area contributed by atoms with Gasteiger partial charge in [0.2, 0.25) is 0 Å². The Morgan fingerprint density at radius 2 is 1.80 bits per heavy atom. The van der Waals surface area contributed by atoms with Crippen molar-refractivity contribution in [3.63, 3.8) is 0 Å². The molecule has 0 aliphatic heterocycles. The van der Waals surface area contributed by atoms with Gasteiger partial charge in [-0.1, -0.05) is 99.3 Å². The Balaban J connectivity index is 1.72. The van der Waals surface area contributed by atoms with Crippen molar-refractivity contribution in [2.24, 2.45) is 5.92 Å². The largest absolute Gasteiger partial charge is 0.205 e. The molecule has 30 heavy (non-hydrogen) atoms. The SMILES string of the molecule is CCC=CCCc1ccc(-c2ccc(C3=CCC(CCCC)CC3)c(Cl)c2F)cc1. The van der Waals surface area contributed by atoms with Gasteiger partial charge < -0.3 is 0 Å². The number of unbranched alkanes of at least 4 members (excludes halogenated alkanes) is 1. The summed E-state index contributed by atoms with van der Waals surface area (Å²) in [5, 5.41) is 0.263. The summed E-state index contributed by atoms with van der Waals surface area (Å²) in [7, 11) is 0. The topological polar surface area (TPSA) is 0 Å². The molecule has 2 aromatic rings. The lowest BCUT2D eigenvalue weighted by atomic mass is 9.83. The molecular weight excluding hydrogens is 391 g/mol. The number of hydrogen-bond donors (Lipinski definition) is 0. The maximum atomic E-state index is 15.2. The van der Waals surface area contributed by atoms with E-state index in [2.05, 4.69) is 44.2 Å². The minimum atomic E-state index is -0.304. The zero-order valence-corrected chi connectivity index (χ0v) is 19.1. The van der Waals surface area contributed by atoms with E-state index in [4.69, 9.17) is 11.6 Å². The van der Waals surface area contributed by atoms with E-state index in [1.807, 2.05) is 24.3 Å². The summed E-state index contributed by atoms with van der Waals surface area (Å²) in [5.74, 6) is 0.467. The fraction of sp³-hybridized carbons (Fsp3) is 0.429. The lowest BCUT2D eigenvalue weighted by Crippen LogP contribution is -2.06. The lowest BCUT2D eigenvalue weighted by Gasteiger charge is -2.23. The molecule has 0 N–H and O–H groups in total. The van der Waals surface area contributed by atoms with Crippen LogP contribution in [-0.2, 0) is 6.42 Å². The molecule has 0 nitrogen and oxygen atoms in total.